The van der Waals surface area contributed by atoms with Gasteiger partial charge in [-0.25, -0.2) is 13.1 Å². The molecule has 2 aliphatic heterocycles. The maximum atomic E-state index is 13.5. The first-order valence-corrected chi connectivity index (χ1v) is 19.4. The van der Waals surface area contributed by atoms with Gasteiger partial charge in [0.05, 0.1) is 29.1 Å². The summed E-state index contributed by atoms with van der Waals surface area (Å²) in [6.07, 6.45) is 6.04. The third-order valence-electron chi connectivity index (χ3n) is 12.1. The number of carbonyl (C=O) groups is 2. The number of fused-ring (bicyclic) bond motifs is 4. The Labute approximate surface area is 290 Å². The molecule has 7 atom stereocenters. The van der Waals surface area contributed by atoms with Gasteiger partial charge in [-0.15, -0.1) is 0 Å². The number of nitrogens with zero attached hydrogens (tertiary/aromatic N) is 2. The van der Waals surface area contributed by atoms with Crippen LogP contribution in [0.25, 0.3) is 0 Å². The largest absolute Gasteiger partial charge is 0.490 e. The van der Waals surface area contributed by atoms with Gasteiger partial charge in [-0.2, -0.15) is 0 Å². The van der Waals surface area contributed by atoms with Crippen LogP contribution in [0.3, 0.4) is 0 Å². The highest BCUT2D eigenvalue weighted by molar-refractivity contribution is 7.90. The van der Waals surface area contributed by atoms with Crippen molar-refractivity contribution in [3.8, 4) is 5.75 Å². The number of hydrogen-bond acceptors (Lipinski definition) is 7. The summed E-state index contributed by atoms with van der Waals surface area (Å²) in [7, 11) is -0.550. The molecule has 2 aromatic rings. The number of halogens is 1. The molecule has 0 unspecified atom stereocenters. The molecule has 2 heterocycles. The van der Waals surface area contributed by atoms with E-state index in [1.54, 1.807) is 44.1 Å². The molecule has 0 radical (unpaired) electrons. The van der Waals surface area contributed by atoms with E-state index < -0.39 is 32.7 Å². The van der Waals surface area contributed by atoms with Crippen LogP contribution in [0.2, 0.25) is 5.02 Å². The second-order valence-electron chi connectivity index (χ2n) is 15.2. The molecule has 0 aromatic heterocycles. The van der Waals surface area contributed by atoms with E-state index in [0.29, 0.717) is 49.7 Å². The molecular formula is C37H50ClN3O6S. The molecule has 262 valence electrons. The average molecular weight is 700 g/mol. The van der Waals surface area contributed by atoms with Gasteiger partial charge in [0, 0.05) is 43.2 Å². The molecule has 4 aliphatic rings. The Morgan fingerprint density at radius 3 is 2.58 bits per heavy atom. The minimum atomic E-state index is -3.99. The third kappa shape index (κ3) is 6.33. The minimum Gasteiger partial charge on any atom is -0.490 e. The van der Waals surface area contributed by atoms with E-state index in [0.717, 1.165) is 37.8 Å². The third-order valence-corrected chi connectivity index (χ3v) is 14.3. The fraction of sp³-hybridized carbons (Fsp3) is 0.622. The number of aryl methyl sites for hydroxylation is 1. The summed E-state index contributed by atoms with van der Waals surface area (Å²) in [6.45, 7) is 7.00. The molecular weight excluding hydrogens is 650 g/mol. The second kappa shape index (κ2) is 13.1. The molecule has 1 fully saturated rings. The predicted octanol–water partition coefficient (Wildman–Crippen LogP) is 5.56. The zero-order valence-corrected chi connectivity index (χ0v) is 30.4. The Bertz CT molecular complexity index is 1680. The fourth-order valence-corrected chi connectivity index (χ4v) is 10.3. The number of aliphatic hydroxyl groups is 1. The first-order valence-electron chi connectivity index (χ1n) is 17.5. The van der Waals surface area contributed by atoms with Gasteiger partial charge in [0.2, 0.25) is 15.9 Å². The summed E-state index contributed by atoms with van der Waals surface area (Å²) in [5.41, 5.74) is 1.83. The Morgan fingerprint density at radius 2 is 1.88 bits per heavy atom. The quantitative estimate of drug-likeness (QED) is 0.422. The summed E-state index contributed by atoms with van der Waals surface area (Å²) in [5, 5.41) is 12.5. The summed E-state index contributed by atoms with van der Waals surface area (Å²) in [4.78, 5) is 30.8. The van der Waals surface area contributed by atoms with Crippen molar-refractivity contribution in [1.82, 2.24) is 9.62 Å². The summed E-state index contributed by atoms with van der Waals surface area (Å²) in [5.74, 6) is -1.05. The van der Waals surface area contributed by atoms with E-state index in [2.05, 4.69) is 21.8 Å². The van der Waals surface area contributed by atoms with Gasteiger partial charge in [0.25, 0.3) is 5.91 Å². The highest BCUT2D eigenvalue weighted by Crippen LogP contribution is 2.51. The van der Waals surface area contributed by atoms with E-state index in [1.807, 2.05) is 19.9 Å². The number of nitrogens with one attached hydrogen (secondary N) is 1. The number of hydrogen-bond donors (Lipinski definition) is 2. The lowest BCUT2D eigenvalue weighted by molar-refractivity contribution is -0.159. The molecule has 6 rings (SSSR count). The molecule has 9 nitrogen and oxygen atoms in total. The zero-order valence-electron chi connectivity index (χ0n) is 28.8. The topological polar surface area (TPSA) is 116 Å². The number of anilines is 1. The lowest BCUT2D eigenvalue weighted by Gasteiger charge is -2.52. The average Bonchev–Trinajstić information content (AvgIpc) is 3.17. The number of rotatable bonds is 2. The van der Waals surface area contributed by atoms with Crippen molar-refractivity contribution < 1.29 is 27.9 Å². The van der Waals surface area contributed by atoms with E-state index in [9.17, 15) is 23.1 Å². The van der Waals surface area contributed by atoms with E-state index >= 15 is 0 Å². The molecule has 2 N–H and O–H groups in total. The number of ether oxygens (including phenoxy) is 1. The molecule has 11 heteroatoms. The van der Waals surface area contributed by atoms with Crippen LogP contribution in [-0.4, -0.2) is 74.9 Å². The maximum absolute atomic E-state index is 13.5. The molecule has 1 spiro atoms. The number of carbonyl (C=O) groups excluding carboxylic acids is 2. The van der Waals surface area contributed by atoms with Gasteiger partial charge in [-0.1, -0.05) is 37.9 Å². The van der Waals surface area contributed by atoms with Crippen LogP contribution in [0.5, 0.6) is 5.75 Å². The number of sulfonamides is 1. The van der Waals surface area contributed by atoms with E-state index in [1.165, 1.54) is 11.1 Å². The van der Waals surface area contributed by atoms with Crippen LogP contribution in [0, 0.1) is 23.7 Å². The number of amides is 2. The van der Waals surface area contributed by atoms with Gasteiger partial charge in [0.15, 0.2) is 0 Å². The van der Waals surface area contributed by atoms with Crippen molar-refractivity contribution in [3.05, 3.63) is 58.1 Å². The number of benzene rings is 2. The monoisotopic (exact) mass is 699 g/mol. The van der Waals surface area contributed by atoms with Crippen molar-refractivity contribution in [3.63, 3.8) is 0 Å². The Hall–Kier alpha value is -2.82. The van der Waals surface area contributed by atoms with Crippen molar-refractivity contribution in [2.75, 3.05) is 38.7 Å². The molecule has 0 saturated heterocycles. The highest BCUT2D eigenvalue weighted by Gasteiger charge is 2.53. The van der Waals surface area contributed by atoms with Gasteiger partial charge in [-0.05, 0) is 111 Å². The van der Waals surface area contributed by atoms with Crippen LogP contribution in [0.4, 0.5) is 5.69 Å². The normalized spacial score (nSPS) is 32.4. The smallest absolute Gasteiger partial charge is 0.264 e. The van der Waals surface area contributed by atoms with E-state index in [-0.39, 0.29) is 34.6 Å². The Morgan fingerprint density at radius 1 is 1.10 bits per heavy atom. The lowest BCUT2D eigenvalue weighted by atomic mass is 9.59. The van der Waals surface area contributed by atoms with Crippen molar-refractivity contribution in [2.24, 2.45) is 23.7 Å². The van der Waals surface area contributed by atoms with Crippen LogP contribution >= 0.6 is 11.6 Å². The molecule has 2 bridgehead atoms. The van der Waals surface area contributed by atoms with Gasteiger partial charge in [0.1, 0.15) is 5.75 Å². The first kappa shape index (κ1) is 35.0. The van der Waals surface area contributed by atoms with Gasteiger partial charge < -0.3 is 19.6 Å². The van der Waals surface area contributed by atoms with Crippen molar-refractivity contribution >= 4 is 39.1 Å². The fourth-order valence-electron chi connectivity index (χ4n) is 8.84. The van der Waals surface area contributed by atoms with Gasteiger partial charge in [-0.3, -0.25) is 9.59 Å². The molecule has 2 aliphatic carbocycles. The van der Waals surface area contributed by atoms with Crippen LogP contribution in [-0.2, 0) is 26.7 Å². The maximum Gasteiger partial charge on any atom is 0.264 e. The molecule has 48 heavy (non-hydrogen) atoms. The van der Waals surface area contributed by atoms with Gasteiger partial charge >= 0.3 is 0 Å². The standard InChI is InChI=1S/C37H50ClN3O6S/c1-23-8-6-17-37(44,24(2)35(43)40(4)5)31-13-10-28(31)20-41-21-36(16-7-9-26-18-29(38)12-14-30(26)36)22-47-33-15-11-27(19-32(33)41)34(42)39-48(45,46)25(23)3/h11-12,14-15,18-19,23-25,28,31,44H,6-10,13,16-17,20-22H2,1-5H3,(H,39,42)/t23-,24-,25+,28-,31+,36-,37-/m0/s1. The molecule has 1 saturated carbocycles. The molecule has 2 aromatic carbocycles. The van der Waals surface area contributed by atoms with Crippen molar-refractivity contribution in [2.45, 2.75) is 88.4 Å². The minimum absolute atomic E-state index is 0.103. The second-order valence-corrected chi connectivity index (χ2v) is 17.7. The summed E-state index contributed by atoms with van der Waals surface area (Å²) in [6, 6.07) is 11.3. The van der Waals surface area contributed by atoms with Crippen LogP contribution in [0.1, 0.15) is 87.2 Å². The summed E-state index contributed by atoms with van der Waals surface area (Å²) < 4.78 is 35.8. The molecule has 2 amide bonds. The SMILES string of the molecule is C[C@@H]1[C@@H](C)CCC[C@](O)([C@@H](C)C(=O)N(C)C)[C@@H]2CC[C@H]2CN2C[C@@]3(CCCc4cc(Cl)ccc43)COc3ccc(cc32)C(=O)NS1(=O)=O. The lowest BCUT2D eigenvalue weighted by Crippen LogP contribution is -2.57. The van der Waals surface area contributed by atoms with E-state index in [4.69, 9.17) is 16.3 Å². The van der Waals surface area contributed by atoms with Crippen LogP contribution in [0.15, 0.2) is 36.4 Å². The van der Waals surface area contributed by atoms with Crippen molar-refractivity contribution in [1.29, 1.82) is 0 Å². The predicted molar refractivity (Wildman–Crippen MR) is 188 cm³/mol. The Balaban J connectivity index is 1.45. The zero-order chi connectivity index (χ0) is 34.6. The highest BCUT2D eigenvalue weighted by atomic mass is 35.5. The van der Waals surface area contributed by atoms with Crippen LogP contribution < -0.4 is 14.4 Å². The first-order chi connectivity index (χ1) is 22.6. The summed E-state index contributed by atoms with van der Waals surface area (Å²) >= 11 is 6.44. The Kier molecular flexibility index (Phi) is 9.59.